The molecule has 2 aromatic carbocycles. The summed E-state index contributed by atoms with van der Waals surface area (Å²) < 4.78 is 26.6. The Bertz CT molecular complexity index is 532. The van der Waals surface area contributed by atoms with Gasteiger partial charge in [-0.3, -0.25) is 0 Å². The summed E-state index contributed by atoms with van der Waals surface area (Å²) in [6.07, 6.45) is 0. The lowest BCUT2D eigenvalue weighted by Gasteiger charge is -2.09. The maximum atomic E-state index is 13.5. The molecule has 5 heteroatoms. The quantitative estimate of drug-likeness (QED) is 0.848. The molecule has 2 rings (SSSR count). The van der Waals surface area contributed by atoms with Crippen LogP contribution in [-0.4, -0.2) is 0 Å². The molecule has 18 heavy (non-hydrogen) atoms. The maximum absolute atomic E-state index is 13.5. The van der Waals surface area contributed by atoms with E-state index in [4.69, 9.17) is 23.2 Å². The van der Waals surface area contributed by atoms with Gasteiger partial charge in [-0.2, -0.15) is 0 Å². The predicted octanol–water partition coefficient (Wildman–Crippen LogP) is 4.88. The van der Waals surface area contributed by atoms with Gasteiger partial charge in [0, 0.05) is 11.6 Å². The molecule has 0 aliphatic heterocycles. The van der Waals surface area contributed by atoms with E-state index in [1.807, 2.05) is 0 Å². The van der Waals surface area contributed by atoms with Gasteiger partial charge in [0.05, 0.1) is 10.7 Å². The SMILES string of the molecule is Fc1cc(Cl)cc(CNc2c(F)cccc2Cl)c1. The van der Waals surface area contributed by atoms with Crippen LogP contribution in [0.25, 0.3) is 0 Å². The minimum absolute atomic E-state index is 0.194. The predicted molar refractivity (Wildman–Crippen MR) is 70.1 cm³/mol. The van der Waals surface area contributed by atoms with Crippen molar-refractivity contribution < 1.29 is 8.78 Å². The second kappa shape index (κ2) is 5.55. The van der Waals surface area contributed by atoms with Gasteiger partial charge in [0.1, 0.15) is 11.6 Å². The largest absolute Gasteiger partial charge is 0.377 e. The lowest BCUT2D eigenvalue weighted by Crippen LogP contribution is -2.02. The third-order valence-electron chi connectivity index (χ3n) is 2.35. The van der Waals surface area contributed by atoms with Gasteiger partial charge in [-0.05, 0) is 35.9 Å². The summed E-state index contributed by atoms with van der Waals surface area (Å²) in [5, 5.41) is 3.39. The second-order valence-corrected chi connectivity index (χ2v) is 4.57. The van der Waals surface area contributed by atoms with Crippen LogP contribution in [0, 0.1) is 11.6 Å². The molecule has 0 aromatic heterocycles. The molecule has 0 fully saturated rings. The average molecular weight is 288 g/mol. The highest BCUT2D eigenvalue weighted by Gasteiger charge is 2.06. The maximum Gasteiger partial charge on any atom is 0.147 e. The minimum atomic E-state index is -0.454. The van der Waals surface area contributed by atoms with E-state index in [9.17, 15) is 8.78 Å². The summed E-state index contributed by atoms with van der Waals surface area (Å²) in [6.45, 7) is 0.234. The fourth-order valence-electron chi connectivity index (χ4n) is 1.57. The number of halogens is 4. The highest BCUT2D eigenvalue weighted by Crippen LogP contribution is 2.25. The van der Waals surface area contributed by atoms with E-state index >= 15 is 0 Å². The standard InChI is InChI=1S/C13H9Cl2F2N/c14-9-4-8(5-10(16)6-9)7-18-13-11(15)2-1-3-12(13)17/h1-6,18H,7H2. The van der Waals surface area contributed by atoms with Crippen molar-refractivity contribution in [2.75, 3.05) is 5.32 Å². The van der Waals surface area contributed by atoms with E-state index in [2.05, 4.69) is 5.32 Å². The zero-order chi connectivity index (χ0) is 13.1. The number of benzene rings is 2. The molecule has 0 unspecified atom stereocenters. The summed E-state index contributed by atoms with van der Waals surface area (Å²) in [5.41, 5.74) is 0.805. The van der Waals surface area contributed by atoms with Crippen LogP contribution in [0.4, 0.5) is 14.5 Å². The fraction of sp³-hybridized carbons (Fsp3) is 0.0769. The van der Waals surface area contributed by atoms with E-state index in [0.717, 1.165) is 0 Å². The Morgan fingerprint density at radius 2 is 1.83 bits per heavy atom. The van der Waals surface area contributed by atoms with E-state index in [1.54, 1.807) is 12.1 Å². The van der Waals surface area contributed by atoms with Crippen molar-refractivity contribution in [2.24, 2.45) is 0 Å². The highest BCUT2D eigenvalue weighted by atomic mass is 35.5. The molecule has 0 saturated heterocycles. The summed E-state index contributed by atoms with van der Waals surface area (Å²) in [4.78, 5) is 0. The first kappa shape index (κ1) is 13.1. The Kier molecular flexibility index (Phi) is 4.04. The third kappa shape index (κ3) is 3.12. The Morgan fingerprint density at radius 3 is 2.50 bits per heavy atom. The van der Waals surface area contributed by atoms with Crippen LogP contribution in [0.5, 0.6) is 0 Å². The summed E-state index contributed by atoms with van der Waals surface area (Å²) in [7, 11) is 0. The van der Waals surface area contributed by atoms with Crippen LogP contribution in [0.2, 0.25) is 10.0 Å². The van der Waals surface area contributed by atoms with Crippen LogP contribution < -0.4 is 5.32 Å². The molecule has 0 aliphatic rings. The fourth-order valence-corrected chi connectivity index (χ4v) is 2.04. The highest BCUT2D eigenvalue weighted by molar-refractivity contribution is 6.33. The molecule has 0 heterocycles. The molecular formula is C13H9Cl2F2N. The molecule has 94 valence electrons. The van der Waals surface area contributed by atoms with E-state index in [0.29, 0.717) is 10.6 Å². The number of para-hydroxylation sites is 1. The van der Waals surface area contributed by atoms with Crippen LogP contribution in [0.3, 0.4) is 0 Å². The van der Waals surface area contributed by atoms with Gasteiger partial charge in [0.25, 0.3) is 0 Å². The lowest BCUT2D eigenvalue weighted by atomic mass is 10.2. The normalized spacial score (nSPS) is 10.4. The Labute approximate surface area is 113 Å². The number of rotatable bonds is 3. The third-order valence-corrected chi connectivity index (χ3v) is 2.89. The van der Waals surface area contributed by atoms with Gasteiger partial charge in [-0.25, -0.2) is 8.78 Å². The topological polar surface area (TPSA) is 12.0 Å². The van der Waals surface area contributed by atoms with E-state index in [1.165, 1.54) is 24.3 Å². The second-order valence-electron chi connectivity index (χ2n) is 3.73. The molecule has 0 saturated carbocycles. The number of hydrogen-bond donors (Lipinski definition) is 1. The zero-order valence-electron chi connectivity index (χ0n) is 9.18. The van der Waals surface area contributed by atoms with Crippen molar-refractivity contribution in [3.63, 3.8) is 0 Å². The minimum Gasteiger partial charge on any atom is -0.377 e. The smallest absolute Gasteiger partial charge is 0.147 e. The van der Waals surface area contributed by atoms with Crippen molar-refractivity contribution >= 4 is 28.9 Å². The Hall–Kier alpha value is -1.32. The molecule has 1 N–H and O–H groups in total. The van der Waals surface area contributed by atoms with Gasteiger partial charge in [-0.1, -0.05) is 29.3 Å². The number of nitrogens with one attached hydrogen (secondary N) is 1. The first-order valence-electron chi connectivity index (χ1n) is 5.19. The molecule has 2 aromatic rings. The van der Waals surface area contributed by atoms with Crippen molar-refractivity contribution in [3.05, 3.63) is 63.6 Å². The van der Waals surface area contributed by atoms with Gasteiger partial charge >= 0.3 is 0 Å². The Balaban J connectivity index is 2.16. The monoisotopic (exact) mass is 287 g/mol. The van der Waals surface area contributed by atoms with Gasteiger partial charge in [0.15, 0.2) is 0 Å². The molecule has 1 nitrogen and oxygen atoms in total. The zero-order valence-corrected chi connectivity index (χ0v) is 10.7. The molecule has 0 atom stereocenters. The van der Waals surface area contributed by atoms with Crippen molar-refractivity contribution in [2.45, 2.75) is 6.54 Å². The van der Waals surface area contributed by atoms with Crippen LogP contribution >= 0.6 is 23.2 Å². The van der Waals surface area contributed by atoms with Crippen LogP contribution in [0.15, 0.2) is 36.4 Å². The summed E-state index contributed by atoms with van der Waals surface area (Å²) in [5.74, 6) is -0.885. The van der Waals surface area contributed by atoms with Crippen molar-refractivity contribution in [1.29, 1.82) is 0 Å². The summed E-state index contributed by atoms with van der Waals surface area (Å²) >= 11 is 11.6. The lowest BCUT2D eigenvalue weighted by molar-refractivity contribution is 0.625. The molecule has 0 spiro atoms. The Morgan fingerprint density at radius 1 is 1.06 bits per heavy atom. The molecule has 0 radical (unpaired) electrons. The van der Waals surface area contributed by atoms with Gasteiger partial charge in [0.2, 0.25) is 0 Å². The van der Waals surface area contributed by atoms with Crippen molar-refractivity contribution in [1.82, 2.24) is 0 Å². The van der Waals surface area contributed by atoms with Crippen molar-refractivity contribution in [3.8, 4) is 0 Å². The first-order valence-corrected chi connectivity index (χ1v) is 5.95. The van der Waals surface area contributed by atoms with Gasteiger partial charge < -0.3 is 5.32 Å². The van der Waals surface area contributed by atoms with Crippen LogP contribution in [-0.2, 0) is 6.54 Å². The molecule has 0 amide bonds. The molecule has 0 aliphatic carbocycles. The average Bonchev–Trinajstić information content (AvgIpc) is 2.27. The van der Waals surface area contributed by atoms with E-state index < -0.39 is 11.6 Å². The van der Waals surface area contributed by atoms with Gasteiger partial charge in [-0.15, -0.1) is 0 Å². The summed E-state index contributed by atoms with van der Waals surface area (Å²) in [6, 6.07) is 8.53. The number of anilines is 1. The molecular weight excluding hydrogens is 279 g/mol. The first-order chi connectivity index (χ1) is 8.56. The molecule has 0 bridgehead atoms. The number of hydrogen-bond acceptors (Lipinski definition) is 1. The van der Waals surface area contributed by atoms with Crippen LogP contribution in [0.1, 0.15) is 5.56 Å². The van der Waals surface area contributed by atoms with E-state index in [-0.39, 0.29) is 17.3 Å².